The Morgan fingerprint density at radius 1 is 0.192 bits per heavy atom. The summed E-state index contributed by atoms with van der Waals surface area (Å²) in [6, 6.07) is 134. The molecule has 0 N–H and O–H groups in total. The van der Waals surface area contributed by atoms with Crippen LogP contribution >= 0.6 is 0 Å². The molecule has 14 aromatic carbocycles. The van der Waals surface area contributed by atoms with Gasteiger partial charge in [-0.3, -0.25) is 0 Å². The van der Waals surface area contributed by atoms with E-state index in [0.717, 1.165) is 146 Å². The van der Waals surface area contributed by atoms with Crippen molar-refractivity contribution < 1.29 is 0 Å². The first-order chi connectivity index (χ1) is 51.6. The third-order valence-corrected chi connectivity index (χ3v) is 20.4. The van der Waals surface area contributed by atoms with Crippen molar-refractivity contribution in [3.8, 4) is 135 Å². The van der Waals surface area contributed by atoms with Crippen molar-refractivity contribution in [2.24, 2.45) is 0 Å². The maximum Gasteiger partial charge on any atom is 0.160 e. The second-order valence-corrected chi connectivity index (χ2v) is 26.5. The first kappa shape index (κ1) is 59.9. The number of benzene rings is 14. The Morgan fingerprint density at radius 3 is 0.971 bits per heavy atom. The van der Waals surface area contributed by atoms with Gasteiger partial charge in [0.1, 0.15) is 0 Å². The van der Waals surface area contributed by atoms with E-state index in [1.807, 2.05) is 24.3 Å². The maximum absolute atomic E-state index is 5.36. The monoisotopic (exact) mass is 1330 g/mol. The normalized spacial score (nSPS) is 12.0. The van der Waals surface area contributed by atoms with Crippen molar-refractivity contribution in [3.05, 3.63) is 376 Å². The number of para-hydroxylation sites is 8. The third-order valence-electron chi connectivity index (χ3n) is 20.4. The zero-order chi connectivity index (χ0) is 68.6. The van der Waals surface area contributed by atoms with Crippen LogP contribution in [0, 0.1) is 0 Å². The minimum Gasteiger partial charge on any atom is -0.309 e. The molecule has 0 atom stereocenters. The summed E-state index contributed by atoms with van der Waals surface area (Å²) in [5, 5.41) is 2.38. The van der Waals surface area contributed by atoms with Crippen molar-refractivity contribution in [2.75, 3.05) is 9.80 Å². The highest BCUT2D eigenvalue weighted by Gasteiger charge is 2.34. The summed E-state index contributed by atoms with van der Waals surface area (Å²) in [4.78, 5) is 26.1. The van der Waals surface area contributed by atoms with Crippen LogP contribution in [-0.4, -0.2) is 29.1 Å². The van der Waals surface area contributed by atoms with Crippen LogP contribution in [0.15, 0.2) is 376 Å². The van der Waals surface area contributed by atoms with Crippen LogP contribution < -0.4 is 9.80 Å². The van der Waals surface area contributed by atoms with Crippen molar-refractivity contribution >= 4 is 55.9 Å². The molecular formula is C96H62N8. The Bertz CT molecular complexity index is 6320. The molecule has 0 aliphatic carbocycles. The Labute approximate surface area is 602 Å². The molecule has 0 saturated carbocycles. The van der Waals surface area contributed by atoms with Gasteiger partial charge in [0.05, 0.1) is 67.9 Å². The molecule has 0 fully saturated rings. The molecule has 0 amide bonds. The fourth-order valence-corrected chi connectivity index (χ4v) is 15.7. The van der Waals surface area contributed by atoms with E-state index in [9.17, 15) is 0 Å². The molecular weight excluding hydrogens is 1270 g/mol. The molecule has 2 aliphatic heterocycles. The zero-order valence-corrected chi connectivity index (χ0v) is 56.4. The van der Waals surface area contributed by atoms with E-state index in [2.05, 4.69) is 371 Å². The predicted octanol–water partition coefficient (Wildman–Crippen LogP) is 25.1. The Morgan fingerprint density at radius 2 is 0.500 bits per heavy atom. The molecule has 0 unspecified atom stereocenters. The topological polar surface area (TPSA) is 67.9 Å². The van der Waals surface area contributed by atoms with Gasteiger partial charge in [-0.2, -0.15) is 0 Å². The highest BCUT2D eigenvalue weighted by Crippen LogP contribution is 2.57. The van der Waals surface area contributed by atoms with Crippen molar-refractivity contribution in [1.29, 1.82) is 0 Å². The van der Waals surface area contributed by atoms with Gasteiger partial charge in [0.15, 0.2) is 11.6 Å². The van der Waals surface area contributed by atoms with Gasteiger partial charge in [-0.15, -0.1) is 0 Å². The van der Waals surface area contributed by atoms with Crippen molar-refractivity contribution in [2.45, 2.75) is 0 Å². The largest absolute Gasteiger partial charge is 0.309 e. The molecule has 0 radical (unpaired) electrons. The molecule has 4 aromatic heterocycles. The Hall–Kier alpha value is -14.1. The highest BCUT2D eigenvalue weighted by atomic mass is 15.2. The van der Waals surface area contributed by atoms with Gasteiger partial charge in [0.2, 0.25) is 0 Å². The number of hydrogen-bond donors (Lipinski definition) is 0. The lowest BCUT2D eigenvalue weighted by atomic mass is 9.98. The van der Waals surface area contributed by atoms with E-state index in [1.165, 1.54) is 33.0 Å². The summed E-state index contributed by atoms with van der Waals surface area (Å²) >= 11 is 0. The predicted molar refractivity (Wildman–Crippen MR) is 428 cm³/mol. The van der Waals surface area contributed by atoms with E-state index in [-0.39, 0.29) is 0 Å². The van der Waals surface area contributed by atoms with E-state index in [4.69, 9.17) is 19.9 Å². The summed E-state index contributed by atoms with van der Waals surface area (Å²) in [5.41, 5.74) is 31.7. The van der Waals surface area contributed by atoms with E-state index in [1.54, 1.807) is 0 Å². The van der Waals surface area contributed by atoms with Crippen LogP contribution in [0.4, 0.5) is 34.1 Å². The number of anilines is 6. The highest BCUT2D eigenvalue weighted by molar-refractivity contribution is 6.15. The molecule has 20 rings (SSSR count). The van der Waals surface area contributed by atoms with Gasteiger partial charge in [-0.25, -0.2) is 19.9 Å². The average molecular weight is 1330 g/mol. The van der Waals surface area contributed by atoms with Crippen LogP contribution in [0.3, 0.4) is 0 Å². The molecule has 486 valence electrons. The van der Waals surface area contributed by atoms with Gasteiger partial charge in [0, 0.05) is 100 Å². The molecule has 2 aliphatic rings. The lowest BCUT2D eigenvalue weighted by molar-refractivity contribution is 1.13. The van der Waals surface area contributed by atoms with E-state index >= 15 is 0 Å². The number of aromatic nitrogens is 6. The van der Waals surface area contributed by atoms with Crippen LogP contribution in [-0.2, 0) is 0 Å². The molecule has 104 heavy (non-hydrogen) atoms. The molecule has 0 saturated heterocycles. The SMILES string of the molecule is c1ccc(-c2cc(-c3ccc(-n4c5c(c6ccccc64)-c4ccccc4N(c4ccccc4)c4ccccc4-5)cc3)nc(-c3ccc(-c4ccc(-c5cc(-c6cccc(-n7c8c(c9ccccc97)-c7ccccc7N(c7ccccc7)c7ccccc7-8)c6)nc(-c6ccccc6)n5)cc4)cc3)n2)cc1. The molecule has 0 bridgehead atoms. The van der Waals surface area contributed by atoms with Crippen LogP contribution in [0.25, 0.3) is 157 Å². The van der Waals surface area contributed by atoms with Crippen LogP contribution in [0.5, 0.6) is 0 Å². The summed E-state index contributed by atoms with van der Waals surface area (Å²) < 4.78 is 4.89. The average Bonchev–Trinajstić information content (AvgIpc) is 1.56. The zero-order valence-electron chi connectivity index (χ0n) is 56.4. The van der Waals surface area contributed by atoms with Gasteiger partial charge < -0.3 is 18.9 Å². The minimum atomic E-state index is 0.648. The maximum atomic E-state index is 5.36. The Kier molecular flexibility index (Phi) is 14.4. The van der Waals surface area contributed by atoms with Crippen molar-refractivity contribution in [3.63, 3.8) is 0 Å². The summed E-state index contributed by atoms with van der Waals surface area (Å²) in [6.45, 7) is 0. The first-order valence-corrected chi connectivity index (χ1v) is 35.3. The lowest BCUT2D eigenvalue weighted by Crippen LogP contribution is -2.11. The van der Waals surface area contributed by atoms with E-state index < -0.39 is 0 Å². The number of fused-ring (bicyclic) bond motifs is 14. The molecule has 8 nitrogen and oxygen atoms in total. The fraction of sp³-hybridized carbons (Fsp3) is 0. The quantitative estimate of drug-likeness (QED) is 0.129. The second-order valence-electron chi connectivity index (χ2n) is 26.5. The second kappa shape index (κ2) is 25.0. The molecule has 6 heterocycles. The summed E-state index contributed by atoms with van der Waals surface area (Å²) in [6.07, 6.45) is 0. The van der Waals surface area contributed by atoms with Crippen molar-refractivity contribution in [1.82, 2.24) is 29.1 Å². The summed E-state index contributed by atoms with van der Waals surface area (Å²) in [7, 11) is 0. The number of nitrogens with zero attached hydrogens (tertiary/aromatic N) is 8. The third kappa shape index (κ3) is 10.1. The standard InChI is InChI=1S/C96H62N8/c1-5-26-65(27-6-1)81-61-82(67-56-58-73(59-57-67)103-87-44-21-15-38-77(87)91-75-36-13-19-42-85(75)101(71-31-9-3-10-32-71)89-46-23-17-40-79(89)93(91)103)99-96(97-81)69-54-50-64(51-55-69)63-48-52-66(53-49-63)83-62-84(100-95(98-83)68-28-7-2-8-29-68)70-30-25-35-74(60-70)104-88-45-22-16-39-78(88)92-76-37-14-20-43-86(76)102(72-33-11-4-12-34-72)90-47-24-18-41-80(90)94(92)104/h1-62H. The Balaban J connectivity index is 0.635. The summed E-state index contributed by atoms with van der Waals surface area (Å²) in [5.74, 6) is 1.30. The molecule has 18 aromatic rings. The van der Waals surface area contributed by atoms with Gasteiger partial charge >= 0.3 is 0 Å². The lowest BCUT2D eigenvalue weighted by Gasteiger charge is -2.27. The molecule has 0 spiro atoms. The smallest absolute Gasteiger partial charge is 0.160 e. The number of rotatable bonds is 11. The van der Waals surface area contributed by atoms with Gasteiger partial charge in [0.25, 0.3) is 0 Å². The first-order valence-electron chi connectivity index (χ1n) is 35.3. The minimum absolute atomic E-state index is 0.648. The van der Waals surface area contributed by atoms with Crippen LogP contribution in [0.2, 0.25) is 0 Å². The van der Waals surface area contributed by atoms with E-state index in [0.29, 0.717) is 11.6 Å². The van der Waals surface area contributed by atoms with Crippen LogP contribution in [0.1, 0.15) is 0 Å². The van der Waals surface area contributed by atoms with Gasteiger partial charge in [-0.05, 0) is 108 Å². The van der Waals surface area contributed by atoms with Gasteiger partial charge in [-0.1, -0.05) is 279 Å². The fourth-order valence-electron chi connectivity index (χ4n) is 15.7. The number of hydrogen-bond acceptors (Lipinski definition) is 6. The molecule has 8 heteroatoms.